The molecule has 1 unspecified atom stereocenters. The van der Waals surface area contributed by atoms with Crippen LogP contribution in [0.5, 0.6) is 0 Å². The summed E-state index contributed by atoms with van der Waals surface area (Å²) < 4.78 is 2.46. The van der Waals surface area contributed by atoms with E-state index in [1.54, 1.807) is 0 Å². The van der Waals surface area contributed by atoms with Gasteiger partial charge in [-0.25, -0.2) is 4.98 Å². The summed E-state index contributed by atoms with van der Waals surface area (Å²) in [5.74, 6) is 1.95. The first-order valence-corrected chi connectivity index (χ1v) is 7.49. The maximum Gasteiger partial charge on any atom is 0.106 e. The summed E-state index contributed by atoms with van der Waals surface area (Å²) >= 11 is 3.61. The number of nitrogens with zero attached hydrogens (tertiary/aromatic N) is 2. The Kier molecular flexibility index (Phi) is 4.06. The van der Waals surface area contributed by atoms with E-state index in [0.29, 0.717) is 0 Å². The zero-order valence-electron chi connectivity index (χ0n) is 10.3. The summed E-state index contributed by atoms with van der Waals surface area (Å²) in [7, 11) is 0. The van der Waals surface area contributed by atoms with Crippen molar-refractivity contribution in [1.82, 2.24) is 9.55 Å². The Bertz CT molecular complexity index is 353. The zero-order valence-corrected chi connectivity index (χ0v) is 11.9. The van der Waals surface area contributed by atoms with E-state index in [1.165, 1.54) is 49.3 Å². The van der Waals surface area contributed by atoms with Crippen LogP contribution in [0.15, 0.2) is 0 Å². The number of hydrogen-bond donors (Lipinski definition) is 0. The third-order valence-electron chi connectivity index (χ3n) is 3.66. The molecular formula is C13H21BrN2. The van der Waals surface area contributed by atoms with Crippen molar-refractivity contribution in [3.8, 4) is 0 Å². The molecular weight excluding hydrogens is 264 g/mol. The highest BCUT2D eigenvalue weighted by Gasteiger charge is 2.19. The molecule has 0 bridgehead atoms. The lowest BCUT2D eigenvalue weighted by molar-refractivity contribution is 0.456. The van der Waals surface area contributed by atoms with E-state index >= 15 is 0 Å². The summed E-state index contributed by atoms with van der Waals surface area (Å²) in [6.07, 6.45) is 6.31. The van der Waals surface area contributed by atoms with Crippen molar-refractivity contribution in [1.29, 1.82) is 0 Å². The van der Waals surface area contributed by atoms with E-state index in [-0.39, 0.29) is 0 Å². The highest BCUT2D eigenvalue weighted by Crippen LogP contribution is 2.23. The standard InChI is InChI=1S/C13H21BrN2/c1-3-11(8-14)9-16-10(2)15-12-6-4-5-7-13(12)16/h11H,3-9H2,1-2H3. The number of alkyl halides is 1. The van der Waals surface area contributed by atoms with Crippen LogP contribution < -0.4 is 0 Å². The molecule has 0 N–H and O–H groups in total. The molecule has 1 aliphatic rings. The fraction of sp³-hybridized carbons (Fsp3) is 0.769. The molecule has 1 aliphatic carbocycles. The van der Waals surface area contributed by atoms with Gasteiger partial charge in [0.1, 0.15) is 5.82 Å². The molecule has 0 aliphatic heterocycles. The third kappa shape index (κ3) is 2.34. The van der Waals surface area contributed by atoms with Gasteiger partial charge in [-0.3, -0.25) is 0 Å². The minimum absolute atomic E-state index is 0.735. The first kappa shape index (κ1) is 12.2. The van der Waals surface area contributed by atoms with Crippen LogP contribution in [-0.2, 0) is 19.4 Å². The summed E-state index contributed by atoms with van der Waals surface area (Å²) in [6.45, 7) is 5.56. The fourth-order valence-corrected chi connectivity index (χ4v) is 3.19. The molecule has 2 rings (SSSR count). The number of hydrogen-bond acceptors (Lipinski definition) is 1. The summed E-state index contributed by atoms with van der Waals surface area (Å²) in [6, 6.07) is 0. The van der Waals surface area contributed by atoms with E-state index in [2.05, 4.69) is 34.3 Å². The summed E-state index contributed by atoms with van der Waals surface area (Å²) in [4.78, 5) is 4.72. The van der Waals surface area contributed by atoms with Gasteiger partial charge in [0.15, 0.2) is 0 Å². The van der Waals surface area contributed by atoms with Crippen molar-refractivity contribution in [3.63, 3.8) is 0 Å². The highest BCUT2D eigenvalue weighted by molar-refractivity contribution is 9.09. The van der Waals surface area contributed by atoms with Gasteiger partial charge in [-0.2, -0.15) is 0 Å². The van der Waals surface area contributed by atoms with Crippen LogP contribution in [0.1, 0.15) is 43.4 Å². The van der Waals surface area contributed by atoms with E-state index in [0.717, 1.165) is 17.8 Å². The Hall–Kier alpha value is -0.310. The van der Waals surface area contributed by atoms with Crippen LogP contribution in [0.4, 0.5) is 0 Å². The molecule has 1 atom stereocenters. The Morgan fingerprint density at radius 3 is 2.81 bits per heavy atom. The second-order valence-electron chi connectivity index (χ2n) is 4.80. The summed E-state index contributed by atoms with van der Waals surface area (Å²) in [5, 5.41) is 1.09. The molecule has 0 spiro atoms. The molecule has 2 nitrogen and oxygen atoms in total. The molecule has 0 saturated carbocycles. The Morgan fingerprint density at radius 1 is 1.38 bits per heavy atom. The van der Waals surface area contributed by atoms with Crippen LogP contribution in [-0.4, -0.2) is 14.9 Å². The van der Waals surface area contributed by atoms with Crippen molar-refractivity contribution < 1.29 is 0 Å². The fourth-order valence-electron chi connectivity index (χ4n) is 2.52. The molecule has 0 saturated heterocycles. The first-order chi connectivity index (χ1) is 7.76. The zero-order chi connectivity index (χ0) is 11.5. The van der Waals surface area contributed by atoms with E-state index < -0.39 is 0 Å². The molecule has 1 heterocycles. The average Bonchev–Trinajstić information content (AvgIpc) is 2.62. The number of fused-ring (bicyclic) bond motifs is 1. The molecule has 90 valence electrons. The first-order valence-electron chi connectivity index (χ1n) is 6.37. The topological polar surface area (TPSA) is 17.8 Å². The van der Waals surface area contributed by atoms with E-state index in [9.17, 15) is 0 Å². The normalized spacial score (nSPS) is 17.2. The van der Waals surface area contributed by atoms with Crippen molar-refractivity contribution in [2.75, 3.05) is 5.33 Å². The minimum atomic E-state index is 0.735. The second-order valence-corrected chi connectivity index (χ2v) is 5.45. The van der Waals surface area contributed by atoms with Crippen molar-refractivity contribution in [2.45, 2.75) is 52.5 Å². The molecule has 0 radical (unpaired) electrons. The van der Waals surface area contributed by atoms with E-state index in [1.807, 2.05) is 0 Å². The second kappa shape index (κ2) is 5.35. The van der Waals surface area contributed by atoms with Crippen LogP contribution in [0, 0.1) is 12.8 Å². The van der Waals surface area contributed by atoms with Gasteiger partial charge >= 0.3 is 0 Å². The number of aromatic nitrogens is 2. The predicted octanol–water partition coefficient (Wildman–Crippen LogP) is 3.49. The van der Waals surface area contributed by atoms with E-state index in [4.69, 9.17) is 4.98 Å². The molecule has 1 aromatic rings. The Labute approximate surface area is 107 Å². The molecule has 0 fully saturated rings. The Balaban J connectivity index is 2.22. The maximum atomic E-state index is 4.72. The third-order valence-corrected chi connectivity index (χ3v) is 4.58. The van der Waals surface area contributed by atoms with Crippen LogP contribution in [0.3, 0.4) is 0 Å². The minimum Gasteiger partial charge on any atom is -0.332 e. The van der Waals surface area contributed by atoms with Gasteiger partial charge in [-0.05, 0) is 38.5 Å². The molecule has 16 heavy (non-hydrogen) atoms. The van der Waals surface area contributed by atoms with Crippen molar-refractivity contribution >= 4 is 15.9 Å². The van der Waals surface area contributed by atoms with Crippen molar-refractivity contribution in [3.05, 3.63) is 17.2 Å². The average molecular weight is 285 g/mol. The van der Waals surface area contributed by atoms with Crippen LogP contribution in [0.25, 0.3) is 0 Å². The lowest BCUT2D eigenvalue weighted by atomic mass is 10.0. The quantitative estimate of drug-likeness (QED) is 0.774. The lowest BCUT2D eigenvalue weighted by Crippen LogP contribution is -2.16. The largest absolute Gasteiger partial charge is 0.332 e. The molecule has 3 heteroatoms. The number of rotatable bonds is 4. The van der Waals surface area contributed by atoms with Gasteiger partial charge in [0, 0.05) is 17.6 Å². The van der Waals surface area contributed by atoms with Gasteiger partial charge in [-0.15, -0.1) is 0 Å². The van der Waals surface area contributed by atoms with Gasteiger partial charge in [0.25, 0.3) is 0 Å². The highest BCUT2D eigenvalue weighted by atomic mass is 79.9. The predicted molar refractivity (Wildman–Crippen MR) is 71.2 cm³/mol. The maximum absolute atomic E-state index is 4.72. The van der Waals surface area contributed by atoms with Crippen molar-refractivity contribution in [2.24, 2.45) is 5.92 Å². The van der Waals surface area contributed by atoms with Gasteiger partial charge in [0.05, 0.1) is 5.69 Å². The van der Waals surface area contributed by atoms with Gasteiger partial charge < -0.3 is 4.57 Å². The van der Waals surface area contributed by atoms with Gasteiger partial charge in [0.2, 0.25) is 0 Å². The molecule has 1 aromatic heterocycles. The number of halogens is 1. The smallest absolute Gasteiger partial charge is 0.106 e. The monoisotopic (exact) mass is 284 g/mol. The van der Waals surface area contributed by atoms with Gasteiger partial charge in [-0.1, -0.05) is 29.3 Å². The molecule has 0 aromatic carbocycles. The number of aryl methyl sites for hydroxylation is 2. The lowest BCUT2D eigenvalue weighted by Gasteiger charge is -2.18. The van der Waals surface area contributed by atoms with Crippen LogP contribution >= 0.6 is 15.9 Å². The number of imidazole rings is 1. The molecule has 0 amide bonds. The Morgan fingerprint density at radius 2 is 2.12 bits per heavy atom. The SMILES string of the molecule is CCC(CBr)Cn1c(C)nc2c1CCCC2. The van der Waals surface area contributed by atoms with Crippen LogP contribution in [0.2, 0.25) is 0 Å². The summed E-state index contributed by atoms with van der Waals surface area (Å²) in [5.41, 5.74) is 2.89.